The molecule has 9 nitrogen and oxygen atoms in total. The third-order valence-corrected chi connectivity index (χ3v) is 4.27. The van der Waals surface area contributed by atoms with Gasteiger partial charge in [0.25, 0.3) is 5.91 Å². The summed E-state index contributed by atoms with van der Waals surface area (Å²) < 4.78 is 14.6. The van der Waals surface area contributed by atoms with E-state index in [-0.39, 0.29) is 23.3 Å². The number of rotatable bonds is 6. The first-order valence-corrected chi connectivity index (χ1v) is 9.01. The molecule has 1 aliphatic heterocycles. The fourth-order valence-electron chi connectivity index (χ4n) is 2.85. The van der Waals surface area contributed by atoms with E-state index in [1.807, 2.05) is 0 Å². The van der Waals surface area contributed by atoms with Crippen LogP contribution < -0.4 is 5.32 Å². The molecule has 0 aliphatic carbocycles. The number of hydrogen-bond donors (Lipinski definition) is 1. The van der Waals surface area contributed by atoms with Crippen LogP contribution in [-0.4, -0.2) is 68.3 Å². The van der Waals surface area contributed by atoms with Crippen LogP contribution in [0.25, 0.3) is 0 Å². The molecule has 152 valence electrons. The van der Waals surface area contributed by atoms with Gasteiger partial charge in [-0.1, -0.05) is 12.1 Å². The highest BCUT2D eigenvalue weighted by molar-refractivity contribution is 6.03. The second kappa shape index (κ2) is 10.3. The molecule has 1 heterocycles. The van der Waals surface area contributed by atoms with E-state index in [4.69, 9.17) is 9.47 Å². The Morgan fingerprint density at radius 3 is 2.21 bits per heavy atom. The zero-order chi connectivity index (χ0) is 20.5. The lowest BCUT2D eigenvalue weighted by Gasteiger charge is -2.31. The number of carbonyl (C=O) groups excluding carboxylic acids is 4. The second-order valence-corrected chi connectivity index (χ2v) is 6.14. The average molecular weight is 392 g/mol. The molecule has 2 rings (SSSR count). The number of piperidine rings is 1. The monoisotopic (exact) mass is 392 g/mol. The highest BCUT2D eigenvalue weighted by atomic mass is 16.6. The fraction of sp³-hybridized carbons (Fsp3) is 0.474. The van der Waals surface area contributed by atoms with Crippen LogP contribution in [0, 0.1) is 0 Å². The molecule has 1 saturated heterocycles. The molecule has 2 amide bonds. The van der Waals surface area contributed by atoms with Gasteiger partial charge in [0.05, 0.1) is 24.8 Å². The van der Waals surface area contributed by atoms with Gasteiger partial charge in [0.15, 0.2) is 6.61 Å². The lowest BCUT2D eigenvalue weighted by atomic mass is 10.1. The van der Waals surface area contributed by atoms with Crippen LogP contribution in [-0.2, 0) is 19.0 Å². The lowest BCUT2D eigenvalue weighted by Crippen LogP contribution is -2.47. The number of likely N-dealkylation sites (tertiary alicyclic amines) is 1. The molecule has 1 aromatic carbocycles. The minimum atomic E-state index is -0.784. The van der Waals surface area contributed by atoms with Crippen LogP contribution in [0.5, 0.6) is 0 Å². The Bertz CT molecular complexity index is 727. The maximum Gasteiger partial charge on any atom is 0.409 e. The van der Waals surface area contributed by atoms with Crippen molar-refractivity contribution in [2.75, 3.05) is 33.4 Å². The molecule has 0 atom stereocenters. The molecule has 9 heteroatoms. The predicted molar refractivity (Wildman–Crippen MR) is 97.8 cm³/mol. The maximum atomic E-state index is 12.2. The van der Waals surface area contributed by atoms with Gasteiger partial charge in [0, 0.05) is 19.1 Å². The molecular formula is C19H24N2O7. The van der Waals surface area contributed by atoms with E-state index < -0.39 is 24.5 Å². The topological polar surface area (TPSA) is 111 Å². The average Bonchev–Trinajstić information content (AvgIpc) is 2.72. The van der Waals surface area contributed by atoms with Crippen molar-refractivity contribution >= 4 is 23.9 Å². The smallest absolute Gasteiger partial charge is 0.409 e. The van der Waals surface area contributed by atoms with Crippen LogP contribution >= 0.6 is 0 Å². The van der Waals surface area contributed by atoms with Crippen LogP contribution in [0.2, 0.25) is 0 Å². The number of benzene rings is 1. The van der Waals surface area contributed by atoms with E-state index in [1.165, 1.54) is 19.2 Å². The van der Waals surface area contributed by atoms with Gasteiger partial charge in [-0.05, 0) is 31.9 Å². The molecule has 0 spiro atoms. The zero-order valence-corrected chi connectivity index (χ0v) is 15.9. The third-order valence-electron chi connectivity index (χ3n) is 4.27. The number of nitrogens with zero attached hydrogens (tertiary/aromatic N) is 1. The van der Waals surface area contributed by atoms with Crippen molar-refractivity contribution in [2.45, 2.75) is 25.8 Å². The van der Waals surface area contributed by atoms with E-state index >= 15 is 0 Å². The van der Waals surface area contributed by atoms with Crippen molar-refractivity contribution < 1.29 is 33.4 Å². The van der Waals surface area contributed by atoms with Gasteiger partial charge in [0.1, 0.15) is 0 Å². The van der Waals surface area contributed by atoms with Gasteiger partial charge in [-0.25, -0.2) is 14.4 Å². The summed E-state index contributed by atoms with van der Waals surface area (Å²) in [5, 5.41) is 2.78. The summed E-state index contributed by atoms with van der Waals surface area (Å²) >= 11 is 0. The molecule has 1 N–H and O–H groups in total. The van der Waals surface area contributed by atoms with Gasteiger partial charge in [-0.15, -0.1) is 0 Å². The lowest BCUT2D eigenvalue weighted by molar-refractivity contribution is -0.125. The summed E-state index contributed by atoms with van der Waals surface area (Å²) in [6, 6.07) is 5.94. The van der Waals surface area contributed by atoms with E-state index in [9.17, 15) is 19.2 Å². The van der Waals surface area contributed by atoms with Crippen LogP contribution in [0.15, 0.2) is 24.3 Å². The van der Waals surface area contributed by atoms with E-state index in [2.05, 4.69) is 10.1 Å². The minimum absolute atomic E-state index is 0.0323. The highest BCUT2D eigenvalue weighted by Crippen LogP contribution is 2.13. The molecule has 0 aromatic heterocycles. The first-order chi connectivity index (χ1) is 13.5. The van der Waals surface area contributed by atoms with Crippen LogP contribution in [0.1, 0.15) is 40.5 Å². The minimum Gasteiger partial charge on any atom is -0.465 e. The van der Waals surface area contributed by atoms with Crippen molar-refractivity contribution in [3.05, 3.63) is 35.4 Å². The highest BCUT2D eigenvalue weighted by Gasteiger charge is 2.25. The van der Waals surface area contributed by atoms with Gasteiger partial charge >= 0.3 is 18.0 Å². The van der Waals surface area contributed by atoms with E-state index in [0.29, 0.717) is 32.5 Å². The number of nitrogens with one attached hydrogen (secondary N) is 1. The molecular weight excluding hydrogens is 368 g/mol. The molecule has 28 heavy (non-hydrogen) atoms. The van der Waals surface area contributed by atoms with Crippen LogP contribution in [0.3, 0.4) is 0 Å². The molecule has 0 bridgehead atoms. The maximum absolute atomic E-state index is 12.2. The molecule has 0 radical (unpaired) electrons. The normalized spacial score (nSPS) is 14.1. The van der Waals surface area contributed by atoms with E-state index in [0.717, 1.165) is 0 Å². The van der Waals surface area contributed by atoms with Gasteiger partial charge in [0.2, 0.25) is 0 Å². The number of hydrogen-bond acceptors (Lipinski definition) is 7. The van der Waals surface area contributed by atoms with Crippen molar-refractivity contribution in [3.8, 4) is 0 Å². The summed E-state index contributed by atoms with van der Waals surface area (Å²) in [6.45, 7) is 2.56. The second-order valence-electron chi connectivity index (χ2n) is 6.14. The Labute approximate surface area is 162 Å². The summed E-state index contributed by atoms with van der Waals surface area (Å²) in [6.07, 6.45) is 0.818. The van der Waals surface area contributed by atoms with Gasteiger partial charge in [-0.2, -0.15) is 0 Å². The summed E-state index contributed by atoms with van der Waals surface area (Å²) in [5.41, 5.74) is 0.103. The van der Waals surface area contributed by atoms with Crippen molar-refractivity contribution in [1.82, 2.24) is 10.2 Å². The number of ether oxygens (including phenoxy) is 3. The third kappa shape index (κ3) is 5.70. The number of amides is 2. The molecule has 1 fully saturated rings. The Hall–Kier alpha value is -3.10. The van der Waals surface area contributed by atoms with Crippen molar-refractivity contribution in [2.24, 2.45) is 0 Å². The van der Waals surface area contributed by atoms with Crippen molar-refractivity contribution in [1.29, 1.82) is 0 Å². The Morgan fingerprint density at radius 1 is 1.04 bits per heavy atom. The summed E-state index contributed by atoms with van der Waals surface area (Å²) in [5.74, 6) is -1.89. The molecule has 1 aromatic rings. The number of esters is 2. The standard InChI is InChI=1S/C19H24N2O7/c1-3-27-19(25)21-10-8-13(9-11-21)20-16(22)12-28-18(24)15-7-5-4-6-14(15)17(23)26-2/h4-7,13H,3,8-12H2,1-2H3,(H,20,22). The first-order valence-electron chi connectivity index (χ1n) is 9.01. The number of carbonyl (C=O) groups is 4. The Kier molecular flexibility index (Phi) is 7.79. The summed E-state index contributed by atoms with van der Waals surface area (Å²) in [7, 11) is 1.21. The molecule has 0 unspecified atom stereocenters. The number of methoxy groups -OCH3 is 1. The Balaban J connectivity index is 1.80. The summed E-state index contributed by atoms with van der Waals surface area (Å²) in [4.78, 5) is 49.2. The predicted octanol–water partition coefficient (Wildman–Crippen LogP) is 1.37. The largest absolute Gasteiger partial charge is 0.465 e. The quantitative estimate of drug-likeness (QED) is 0.575. The molecule has 1 aliphatic rings. The Morgan fingerprint density at radius 2 is 1.64 bits per heavy atom. The van der Waals surface area contributed by atoms with Crippen molar-refractivity contribution in [3.63, 3.8) is 0 Å². The van der Waals surface area contributed by atoms with Crippen LogP contribution in [0.4, 0.5) is 4.79 Å². The molecule has 0 saturated carbocycles. The first kappa shape index (κ1) is 21.2. The zero-order valence-electron chi connectivity index (χ0n) is 15.9. The fourth-order valence-corrected chi connectivity index (χ4v) is 2.85. The van der Waals surface area contributed by atoms with E-state index in [1.54, 1.807) is 24.0 Å². The van der Waals surface area contributed by atoms with Gasteiger partial charge < -0.3 is 24.4 Å². The SMILES string of the molecule is CCOC(=O)N1CCC(NC(=O)COC(=O)c2ccccc2C(=O)OC)CC1. The van der Waals surface area contributed by atoms with Gasteiger partial charge in [-0.3, -0.25) is 4.79 Å².